The number of rotatable bonds is 5. The third-order valence-corrected chi connectivity index (χ3v) is 4.98. The van der Waals surface area contributed by atoms with Crippen LogP contribution in [0.15, 0.2) is 53.2 Å². The molecule has 0 radical (unpaired) electrons. The average molecular weight is 349 g/mol. The molecule has 134 valence electrons. The Morgan fingerprint density at radius 3 is 2.81 bits per heavy atom. The smallest absolute Gasteiger partial charge is 0.287 e. The lowest BCUT2D eigenvalue weighted by molar-refractivity contribution is 0.0904. The van der Waals surface area contributed by atoms with Crippen molar-refractivity contribution in [2.45, 2.75) is 38.1 Å². The molecule has 1 aliphatic rings. The van der Waals surface area contributed by atoms with Crippen LogP contribution in [-0.4, -0.2) is 15.5 Å². The van der Waals surface area contributed by atoms with E-state index in [1.54, 1.807) is 6.20 Å². The molecule has 1 unspecified atom stereocenters. The van der Waals surface area contributed by atoms with Crippen molar-refractivity contribution in [3.8, 4) is 0 Å². The molecule has 0 saturated heterocycles. The van der Waals surface area contributed by atoms with Crippen molar-refractivity contribution in [3.05, 3.63) is 77.3 Å². The average Bonchev–Trinajstić information content (AvgIpc) is 3.28. The van der Waals surface area contributed by atoms with E-state index in [1.165, 1.54) is 5.56 Å². The fourth-order valence-electron chi connectivity index (χ4n) is 3.60. The number of imidazole rings is 1. The summed E-state index contributed by atoms with van der Waals surface area (Å²) in [6, 6.07) is 11.8. The summed E-state index contributed by atoms with van der Waals surface area (Å²) in [5, 5.41) is 3.12. The molecule has 5 heteroatoms. The zero-order valence-corrected chi connectivity index (χ0v) is 14.9. The summed E-state index contributed by atoms with van der Waals surface area (Å²) in [5.74, 6) is 2.03. The zero-order chi connectivity index (χ0) is 17.9. The summed E-state index contributed by atoms with van der Waals surface area (Å²) < 4.78 is 7.77. The summed E-state index contributed by atoms with van der Waals surface area (Å²) in [6.45, 7) is 0. The number of carbonyl (C=O) groups is 1. The molecule has 1 amide bonds. The minimum atomic E-state index is -0.216. The van der Waals surface area contributed by atoms with Crippen LogP contribution in [0.3, 0.4) is 0 Å². The van der Waals surface area contributed by atoms with Crippen LogP contribution in [0.2, 0.25) is 0 Å². The van der Waals surface area contributed by atoms with Crippen molar-refractivity contribution in [2.24, 2.45) is 7.05 Å². The first-order valence-corrected chi connectivity index (χ1v) is 9.14. The molecule has 1 atom stereocenters. The summed E-state index contributed by atoms with van der Waals surface area (Å²) in [7, 11) is 1.94. The van der Waals surface area contributed by atoms with Crippen LogP contribution in [0.5, 0.6) is 0 Å². The van der Waals surface area contributed by atoms with Gasteiger partial charge in [0.1, 0.15) is 11.6 Å². The molecular formula is C21H23N3O2. The van der Waals surface area contributed by atoms with Gasteiger partial charge in [0.25, 0.3) is 5.91 Å². The number of aryl methyl sites for hydroxylation is 3. The highest BCUT2D eigenvalue weighted by Crippen LogP contribution is 2.25. The summed E-state index contributed by atoms with van der Waals surface area (Å²) in [5.41, 5.74) is 2.33. The maximum Gasteiger partial charge on any atom is 0.287 e. The molecule has 0 aliphatic heterocycles. The summed E-state index contributed by atoms with van der Waals surface area (Å²) in [6.07, 6.45) is 8.55. The number of nitrogens with one attached hydrogen (secondary N) is 1. The second-order valence-electron chi connectivity index (χ2n) is 6.88. The van der Waals surface area contributed by atoms with Gasteiger partial charge in [-0.05, 0) is 42.9 Å². The standard InChI is InChI=1S/C21H23N3O2/c1-24-12-11-22-20(24)17(13-15-7-3-2-4-8-15)23-21(25)19-14-16-9-5-6-10-18(16)26-19/h2-4,7-8,11-12,14,17H,5-6,9-10,13H2,1H3,(H,23,25). The minimum Gasteiger partial charge on any atom is -0.456 e. The first-order chi connectivity index (χ1) is 12.7. The van der Waals surface area contributed by atoms with Crippen molar-refractivity contribution in [1.29, 1.82) is 0 Å². The predicted octanol–water partition coefficient (Wildman–Crippen LogP) is 3.61. The number of fused-ring (bicyclic) bond motifs is 1. The van der Waals surface area contributed by atoms with E-state index >= 15 is 0 Å². The molecule has 3 aromatic rings. The van der Waals surface area contributed by atoms with E-state index in [9.17, 15) is 4.79 Å². The molecule has 1 aromatic carbocycles. The predicted molar refractivity (Wildman–Crippen MR) is 98.9 cm³/mol. The van der Waals surface area contributed by atoms with Crippen LogP contribution in [0.4, 0.5) is 0 Å². The Labute approximate surface area is 153 Å². The van der Waals surface area contributed by atoms with Crippen LogP contribution in [0.25, 0.3) is 0 Å². The third kappa shape index (κ3) is 3.43. The van der Waals surface area contributed by atoms with Gasteiger partial charge in [-0.3, -0.25) is 4.79 Å². The Bertz CT molecular complexity index is 872. The highest BCUT2D eigenvalue weighted by molar-refractivity contribution is 5.92. The molecule has 1 N–H and O–H groups in total. The van der Waals surface area contributed by atoms with Gasteiger partial charge < -0.3 is 14.3 Å². The van der Waals surface area contributed by atoms with Gasteiger partial charge in [0, 0.05) is 25.9 Å². The van der Waals surface area contributed by atoms with Crippen LogP contribution >= 0.6 is 0 Å². The SMILES string of the molecule is Cn1ccnc1C(Cc1ccccc1)NC(=O)c1cc2c(o1)CCCC2. The largest absolute Gasteiger partial charge is 0.456 e. The number of amides is 1. The molecule has 0 saturated carbocycles. The Morgan fingerprint density at radius 2 is 2.08 bits per heavy atom. The van der Waals surface area contributed by atoms with Crippen LogP contribution in [0.1, 0.15) is 52.1 Å². The normalized spacial score (nSPS) is 14.7. The monoisotopic (exact) mass is 349 g/mol. The van der Waals surface area contributed by atoms with Gasteiger partial charge >= 0.3 is 0 Å². The van der Waals surface area contributed by atoms with E-state index in [4.69, 9.17) is 4.42 Å². The summed E-state index contributed by atoms with van der Waals surface area (Å²) in [4.78, 5) is 17.3. The molecule has 2 heterocycles. The molecule has 0 fully saturated rings. The van der Waals surface area contributed by atoms with Crippen LogP contribution in [-0.2, 0) is 26.3 Å². The van der Waals surface area contributed by atoms with Crippen LogP contribution < -0.4 is 5.32 Å². The molecule has 0 spiro atoms. The minimum absolute atomic E-state index is 0.177. The Hall–Kier alpha value is -2.82. The van der Waals surface area contributed by atoms with E-state index < -0.39 is 0 Å². The lowest BCUT2D eigenvalue weighted by Gasteiger charge is -2.18. The Morgan fingerprint density at radius 1 is 1.27 bits per heavy atom. The van der Waals surface area contributed by atoms with Gasteiger partial charge in [-0.1, -0.05) is 30.3 Å². The molecule has 5 nitrogen and oxygen atoms in total. The van der Waals surface area contributed by atoms with E-state index in [2.05, 4.69) is 22.4 Å². The number of hydrogen-bond acceptors (Lipinski definition) is 3. The number of hydrogen-bond donors (Lipinski definition) is 1. The van der Waals surface area contributed by atoms with Gasteiger partial charge in [-0.25, -0.2) is 4.98 Å². The highest BCUT2D eigenvalue weighted by atomic mass is 16.4. The second-order valence-corrected chi connectivity index (χ2v) is 6.88. The fraction of sp³-hybridized carbons (Fsp3) is 0.333. The second kappa shape index (κ2) is 7.20. The lowest BCUT2D eigenvalue weighted by Crippen LogP contribution is -2.31. The number of benzene rings is 1. The first kappa shape index (κ1) is 16.6. The molecule has 4 rings (SSSR count). The van der Waals surface area contributed by atoms with Crippen LogP contribution in [0, 0.1) is 0 Å². The topological polar surface area (TPSA) is 60.1 Å². The third-order valence-electron chi connectivity index (χ3n) is 4.98. The van der Waals surface area contributed by atoms with E-state index in [0.717, 1.165) is 42.8 Å². The quantitative estimate of drug-likeness (QED) is 0.765. The molecule has 0 bridgehead atoms. The van der Waals surface area contributed by atoms with E-state index in [1.807, 2.05) is 42.1 Å². The lowest BCUT2D eigenvalue weighted by atomic mass is 9.99. The van der Waals surface area contributed by atoms with E-state index in [0.29, 0.717) is 12.2 Å². The molecule has 1 aliphatic carbocycles. The first-order valence-electron chi connectivity index (χ1n) is 9.14. The van der Waals surface area contributed by atoms with E-state index in [-0.39, 0.29) is 11.9 Å². The van der Waals surface area contributed by atoms with Crippen molar-refractivity contribution < 1.29 is 9.21 Å². The number of aromatic nitrogens is 2. The maximum atomic E-state index is 12.8. The summed E-state index contributed by atoms with van der Waals surface area (Å²) >= 11 is 0. The van der Waals surface area contributed by atoms with Gasteiger partial charge in [-0.15, -0.1) is 0 Å². The van der Waals surface area contributed by atoms with Crippen molar-refractivity contribution >= 4 is 5.91 Å². The molecule has 2 aromatic heterocycles. The fourth-order valence-corrected chi connectivity index (χ4v) is 3.60. The van der Waals surface area contributed by atoms with Crippen molar-refractivity contribution in [1.82, 2.24) is 14.9 Å². The van der Waals surface area contributed by atoms with Gasteiger partial charge in [-0.2, -0.15) is 0 Å². The molecule has 26 heavy (non-hydrogen) atoms. The number of carbonyl (C=O) groups excluding carboxylic acids is 1. The van der Waals surface area contributed by atoms with Crippen molar-refractivity contribution in [2.75, 3.05) is 0 Å². The Kier molecular flexibility index (Phi) is 4.61. The molecular weight excluding hydrogens is 326 g/mol. The van der Waals surface area contributed by atoms with Gasteiger partial charge in [0.05, 0.1) is 6.04 Å². The number of furan rings is 1. The van der Waals surface area contributed by atoms with Crippen molar-refractivity contribution in [3.63, 3.8) is 0 Å². The van der Waals surface area contributed by atoms with Gasteiger partial charge in [0.2, 0.25) is 0 Å². The zero-order valence-electron chi connectivity index (χ0n) is 14.9. The van der Waals surface area contributed by atoms with Gasteiger partial charge in [0.15, 0.2) is 5.76 Å². The maximum absolute atomic E-state index is 12.8. The number of nitrogens with zero attached hydrogens (tertiary/aromatic N) is 2. The Balaban J connectivity index is 1.57. The highest BCUT2D eigenvalue weighted by Gasteiger charge is 2.24.